The Hall–Kier alpha value is -2.79. The number of piperidine rings is 1. The Morgan fingerprint density at radius 1 is 1.09 bits per heavy atom. The van der Waals surface area contributed by atoms with E-state index in [0.717, 1.165) is 30.5 Å². The van der Waals surface area contributed by atoms with E-state index in [4.69, 9.17) is 11.6 Å². The molecule has 1 fully saturated rings. The second-order valence-corrected chi connectivity index (χ2v) is 8.99. The van der Waals surface area contributed by atoms with Gasteiger partial charge in [0.2, 0.25) is 0 Å². The molecule has 0 atom stereocenters. The van der Waals surface area contributed by atoms with Crippen LogP contribution in [0.3, 0.4) is 0 Å². The first kappa shape index (κ1) is 22.4. The molecule has 0 unspecified atom stereocenters. The quantitative estimate of drug-likeness (QED) is 0.650. The molecule has 0 aromatic heterocycles. The fraction of sp³-hybridized carbons (Fsp3) is 0.346. The Balaban J connectivity index is 1.47. The highest BCUT2D eigenvalue weighted by Gasteiger charge is 2.30. The molecule has 2 aromatic rings. The normalized spacial score (nSPS) is 17.4. The number of rotatable bonds is 5. The molecule has 2 aliphatic rings. The summed E-state index contributed by atoms with van der Waals surface area (Å²) >= 11 is 6.61. The van der Waals surface area contributed by atoms with E-state index in [1.165, 1.54) is 17.7 Å². The number of anilines is 1. The standard InChI is InChI=1S/C26H29ClFN3O/c1-3-18-4-10-22(11-5-18)29-25-23(16-30(2)17-24(25)27)26(32)31-14-12-20(13-15-31)19-6-8-21(28)9-7-19/h4-11,16,20,29H,3,12-15,17H2,1-2H3. The number of nitrogens with one attached hydrogen (secondary N) is 1. The van der Waals surface area contributed by atoms with E-state index >= 15 is 0 Å². The molecule has 0 aliphatic carbocycles. The van der Waals surface area contributed by atoms with Gasteiger partial charge in [-0.1, -0.05) is 42.8 Å². The summed E-state index contributed by atoms with van der Waals surface area (Å²) in [6.45, 7) is 4.01. The molecule has 0 spiro atoms. The summed E-state index contributed by atoms with van der Waals surface area (Å²) < 4.78 is 13.2. The van der Waals surface area contributed by atoms with E-state index in [1.807, 2.05) is 47.3 Å². The summed E-state index contributed by atoms with van der Waals surface area (Å²) in [5.41, 5.74) is 4.57. The maximum absolute atomic E-state index is 13.5. The zero-order valence-electron chi connectivity index (χ0n) is 18.6. The van der Waals surface area contributed by atoms with Crippen LogP contribution < -0.4 is 5.32 Å². The van der Waals surface area contributed by atoms with Gasteiger partial charge in [0.1, 0.15) is 5.82 Å². The predicted molar refractivity (Wildman–Crippen MR) is 128 cm³/mol. The fourth-order valence-corrected chi connectivity index (χ4v) is 4.70. The summed E-state index contributed by atoms with van der Waals surface area (Å²) in [6.07, 6.45) is 4.58. The van der Waals surface area contributed by atoms with Crippen LogP contribution in [0.25, 0.3) is 0 Å². The first-order chi connectivity index (χ1) is 15.4. The van der Waals surface area contributed by atoms with Crippen molar-refractivity contribution in [2.75, 3.05) is 32.0 Å². The highest BCUT2D eigenvalue weighted by molar-refractivity contribution is 6.31. The van der Waals surface area contributed by atoms with Crippen LogP contribution in [0.2, 0.25) is 0 Å². The fourth-order valence-electron chi connectivity index (χ4n) is 4.36. The molecule has 4 nitrogen and oxygen atoms in total. The van der Waals surface area contributed by atoms with Gasteiger partial charge in [-0.05, 0) is 60.6 Å². The lowest BCUT2D eigenvalue weighted by Gasteiger charge is -2.34. The highest BCUT2D eigenvalue weighted by Crippen LogP contribution is 2.32. The third-order valence-electron chi connectivity index (χ3n) is 6.26. The van der Waals surface area contributed by atoms with Crippen LogP contribution in [0.15, 0.2) is 71.0 Å². The molecule has 2 heterocycles. The van der Waals surface area contributed by atoms with Crippen molar-refractivity contribution in [3.63, 3.8) is 0 Å². The van der Waals surface area contributed by atoms with E-state index in [-0.39, 0.29) is 11.7 Å². The zero-order chi connectivity index (χ0) is 22.7. The van der Waals surface area contributed by atoms with Crippen LogP contribution in [-0.4, -0.2) is 42.4 Å². The number of likely N-dealkylation sites (tertiary alicyclic amines) is 1. The van der Waals surface area contributed by atoms with E-state index in [2.05, 4.69) is 24.4 Å². The average Bonchev–Trinajstić information content (AvgIpc) is 2.81. The lowest BCUT2D eigenvalue weighted by molar-refractivity contribution is -0.128. The topological polar surface area (TPSA) is 35.6 Å². The summed E-state index contributed by atoms with van der Waals surface area (Å²) in [5.74, 6) is 0.110. The van der Waals surface area contributed by atoms with E-state index < -0.39 is 0 Å². The Morgan fingerprint density at radius 2 is 1.75 bits per heavy atom. The predicted octanol–water partition coefficient (Wildman–Crippen LogP) is 5.49. The van der Waals surface area contributed by atoms with Crippen LogP contribution in [-0.2, 0) is 11.2 Å². The Kier molecular flexibility index (Phi) is 6.85. The third-order valence-corrected chi connectivity index (χ3v) is 6.57. The van der Waals surface area contributed by atoms with Gasteiger partial charge < -0.3 is 15.1 Å². The van der Waals surface area contributed by atoms with Crippen LogP contribution in [0.1, 0.15) is 36.8 Å². The second kappa shape index (κ2) is 9.78. The van der Waals surface area contributed by atoms with Gasteiger partial charge in [-0.3, -0.25) is 4.79 Å². The van der Waals surface area contributed by atoms with Gasteiger partial charge in [-0.25, -0.2) is 4.39 Å². The number of nitrogens with zero attached hydrogens (tertiary/aromatic N) is 2. The van der Waals surface area contributed by atoms with Crippen molar-refractivity contribution in [3.8, 4) is 0 Å². The third kappa shape index (κ3) is 4.99. The molecule has 168 valence electrons. The molecular formula is C26H29ClFN3O. The van der Waals surface area contributed by atoms with Gasteiger partial charge in [0.25, 0.3) is 5.91 Å². The SMILES string of the molecule is CCc1ccc(NC2=C(Cl)CN(C)C=C2C(=O)N2CCC(c3ccc(F)cc3)CC2)cc1. The molecule has 0 radical (unpaired) electrons. The number of hydrogen-bond donors (Lipinski definition) is 1. The molecule has 6 heteroatoms. The van der Waals surface area contributed by atoms with E-state index in [0.29, 0.717) is 41.9 Å². The first-order valence-electron chi connectivity index (χ1n) is 11.2. The molecule has 2 aromatic carbocycles. The highest BCUT2D eigenvalue weighted by atomic mass is 35.5. The summed E-state index contributed by atoms with van der Waals surface area (Å²) in [6, 6.07) is 14.9. The number of carbonyl (C=O) groups is 1. The molecule has 1 amide bonds. The van der Waals surface area contributed by atoms with Crippen LogP contribution in [0, 0.1) is 5.82 Å². The lowest BCUT2D eigenvalue weighted by atomic mass is 9.89. The van der Waals surface area contributed by atoms with Gasteiger partial charge in [-0.2, -0.15) is 0 Å². The van der Waals surface area contributed by atoms with Crippen molar-refractivity contribution in [1.29, 1.82) is 0 Å². The molecule has 1 saturated heterocycles. The second-order valence-electron chi connectivity index (χ2n) is 8.53. The molecule has 0 bridgehead atoms. The zero-order valence-corrected chi connectivity index (χ0v) is 19.3. The summed E-state index contributed by atoms with van der Waals surface area (Å²) in [7, 11) is 1.92. The number of likely N-dealkylation sites (N-methyl/N-ethyl adjacent to an activating group) is 1. The number of amides is 1. The van der Waals surface area contributed by atoms with Gasteiger partial charge in [0, 0.05) is 32.0 Å². The number of carbonyl (C=O) groups excluding carboxylic acids is 1. The Bertz CT molecular complexity index is 1020. The van der Waals surface area contributed by atoms with Crippen molar-refractivity contribution in [2.45, 2.75) is 32.1 Å². The monoisotopic (exact) mass is 453 g/mol. The Labute approximate surface area is 194 Å². The Morgan fingerprint density at radius 3 is 2.38 bits per heavy atom. The van der Waals surface area contributed by atoms with Crippen LogP contribution in [0.4, 0.5) is 10.1 Å². The number of halogens is 2. The molecule has 4 rings (SSSR count). The van der Waals surface area contributed by atoms with Gasteiger partial charge >= 0.3 is 0 Å². The van der Waals surface area contributed by atoms with Gasteiger partial charge in [0.15, 0.2) is 0 Å². The van der Waals surface area contributed by atoms with Crippen molar-refractivity contribution in [1.82, 2.24) is 9.80 Å². The molecule has 2 aliphatic heterocycles. The van der Waals surface area contributed by atoms with Crippen LogP contribution >= 0.6 is 11.6 Å². The smallest absolute Gasteiger partial charge is 0.257 e. The van der Waals surface area contributed by atoms with Crippen molar-refractivity contribution < 1.29 is 9.18 Å². The first-order valence-corrected chi connectivity index (χ1v) is 11.5. The van der Waals surface area contributed by atoms with Crippen LogP contribution in [0.5, 0.6) is 0 Å². The average molecular weight is 454 g/mol. The van der Waals surface area contributed by atoms with Crippen molar-refractivity contribution in [2.24, 2.45) is 0 Å². The van der Waals surface area contributed by atoms with E-state index in [1.54, 1.807) is 0 Å². The minimum Gasteiger partial charge on any atom is -0.374 e. The minimum absolute atomic E-state index is 0.0139. The molecule has 1 N–H and O–H groups in total. The molecule has 0 saturated carbocycles. The van der Waals surface area contributed by atoms with E-state index in [9.17, 15) is 9.18 Å². The molecular weight excluding hydrogens is 425 g/mol. The van der Waals surface area contributed by atoms with Crippen molar-refractivity contribution in [3.05, 3.63) is 88.0 Å². The number of hydrogen-bond acceptors (Lipinski definition) is 3. The number of benzene rings is 2. The van der Waals surface area contributed by atoms with Gasteiger partial charge in [-0.15, -0.1) is 0 Å². The maximum Gasteiger partial charge on any atom is 0.257 e. The summed E-state index contributed by atoms with van der Waals surface area (Å²) in [5, 5.41) is 4.01. The van der Waals surface area contributed by atoms with Crippen molar-refractivity contribution >= 4 is 23.2 Å². The largest absolute Gasteiger partial charge is 0.374 e. The lowest BCUT2D eigenvalue weighted by Crippen LogP contribution is -2.40. The number of aryl methyl sites for hydroxylation is 1. The minimum atomic E-state index is -0.220. The maximum atomic E-state index is 13.5. The summed E-state index contributed by atoms with van der Waals surface area (Å²) in [4.78, 5) is 17.3. The van der Waals surface area contributed by atoms with Gasteiger partial charge in [0.05, 0.1) is 22.8 Å². The molecule has 32 heavy (non-hydrogen) atoms.